The van der Waals surface area contributed by atoms with Crippen molar-refractivity contribution in [2.45, 2.75) is 0 Å². The first kappa shape index (κ1) is 12.9. The summed E-state index contributed by atoms with van der Waals surface area (Å²) >= 11 is 14.0. The number of ketones is 1. The van der Waals surface area contributed by atoms with E-state index in [0.717, 1.165) is 3.57 Å². The van der Waals surface area contributed by atoms with Gasteiger partial charge in [-0.15, -0.1) is 0 Å². The molecule has 0 saturated carbocycles. The van der Waals surface area contributed by atoms with Gasteiger partial charge in [-0.05, 0) is 52.9 Å². The maximum absolute atomic E-state index is 12.3. The van der Waals surface area contributed by atoms with Crippen LogP contribution in [0.5, 0.6) is 0 Å². The lowest BCUT2D eigenvalue weighted by Crippen LogP contribution is -2.04. The van der Waals surface area contributed by atoms with Crippen LogP contribution in [0, 0.1) is 3.57 Å². The molecule has 0 bridgehead atoms. The Bertz CT molecular complexity index is 581. The number of hydrogen-bond donors (Lipinski definition) is 0. The fourth-order valence-corrected chi connectivity index (χ4v) is 2.59. The van der Waals surface area contributed by atoms with E-state index in [0.29, 0.717) is 21.2 Å². The summed E-state index contributed by atoms with van der Waals surface area (Å²) in [7, 11) is 0. The molecule has 0 atom stereocenters. The molecule has 1 nitrogen and oxygen atoms in total. The van der Waals surface area contributed by atoms with Gasteiger partial charge in [0, 0.05) is 19.7 Å². The zero-order valence-corrected chi connectivity index (χ0v) is 12.3. The molecule has 2 aromatic carbocycles. The second kappa shape index (κ2) is 5.38. The van der Waals surface area contributed by atoms with Gasteiger partial charge in [-0.2, -0.15) is 0 Å². The van der Waals surface area contributed by atoms with E-state index in [-0.39, 0.29) is 5.78 Å². The summed E-state index contributed by atoms with van der Waals surface area (Å²) in [5, 5.41) is 0.900. The molecule has 0 aliphatic rings. The fourth-order valence-electron chi connectivity index (χ4n) is 1.46. The van der Waals surface area contributed by atoms with E-state index in [2.05, 4.69) is 22.6 Å². The Morgan fingerprint density at radius 1 is 1.00 bits per heavy atom. The van der Waals surface area contributed by atoms with Gasteiger partial charge < -0.3 is 0 Å². The summed E-state index contributed by atoms with van der Waals surface area (Å²) in [6.07, 6.45) is 0. The molecule has 0 aromatic heterocycles. The van der Waals surface area contributed by atoms with Crippen molar-refractivity contribution in [3.63, 3.8) is 0 Å². The minimum atomic E-state index is -0.0864. The number of hydrogen-bond acceptors (Lipinski definition) is 1. The molecule has 0 spiro atoms. The lowest BCUT2D eigenvalue weighted by Gasteiger charge is -2.05. The van der Waals surface area contributed by atoms with Crippen molar-refractivity contribution < 1.29 is 4.79 Å². The Kier molecular flexibility index (Phi) is 4.07. The molecule has 0 radical (unpaired) electrons. The van der Waals surface area contributed by atoms with Gasteiger partial charge in [-0.1, -0.05) is 35.3 Å². The monoisotopic (exact) mass is 376 g/mol. The van der Waals surface area contributed by atoms with Gasteiger partial charge in [0.2, 0.25) is 0 Å². The third-order valence-electron chi connectivity index (χ3n) is 2.29. The SMILES string of the molecule is O=C(c1ccc(Cl)cc1Cl)c1ccccc1I. The highest BCUT2D eigenvalue weighted by Crippen LogP contribution is 2.25. The second-order valence-electron chi connectivity index (χ2n) is 3.43. The maximum Gasteiger partial charge on any atom is 0.195 e. The highest BCUT2D eigenvalue weighted by Gasteiger charge is 2.15. The second-order valence-corrected chi connectivity index (χ2v) is 5.44. The van der Waals surface area contributed by atoms with E-state index in [4.69, 9.17) is 23.2 Å². The molecular formula is C13H7Cl2IO. The van der Waals surface area contributed by atoms with Crippen molar-refractivity contribution in [3.8, 4) is 0 Å². The standard InChI is InChI=1S/C13H7Cl2IO/c14-8-5-6-9(11(15)7-8)13(17)10-3-1-2-4-12(10)16/h1-7H. The third-order valence-corrected chi connectivity index (χ3v) is 3.78. The van der Waals surface area contributed by atoms with Crippen LogP contribution < -0.4 is 0 Å². The smallest absolute Gasteiger partial charge is 0.195 e. The fraction of sp³-hybridized carbons (Fsp3) is 0. The zero-order chi connectivity index (χ0) is 12.4. The summed E-state index contributed by atoms with van der Waals surface area (Å²) < 4.78 is 0.904. The first-order chi connectivity index (χ1) is 8.09. The Labute approximate surface area is 123 Å². The Morgan fingerprint density at radius 2 is 1.71 bits per heavy atom. The molecule has 0 saturated heterocycles. The predicted molar refractivity (Wildman–Crippen MR) is 79.1 cm³/mol. The number of benzene rings is 2. The minimum Gasteiger partial charge on any atom is -0.289 e. The van der Waals surface area contributed by atoms with Crippen LogP contribution in [0.25, 0.3) is 0 Å². The average Bonchev–Trinajstić information content (AvgIpc) is 2.29. The molecule has 0 aliphatic carbocycles. The van der Waals surface area contributed by atoms with Crippen LogP contribution >= 0.6 is 45.8 Å². The molecule has 0 heterocycles. The van der Waals surface area contributed by atoms with Gasteiger partial charge >= 0.3 is 0 Å². The topological polar surface area (TPSA) is 17.1 Å². The molecule has 2 aromatic rings. The maximum atomic E-state index is 12.3. The van der Waals surface area contributed by atoms with Crippen LogP contribution in [0.4, 0.5) is 0 Å². The molecule has 17 heavy (non-hydrogen) atoms. The summed E-state index contributed by atoms with van der Waals surface area (Å²) in [4.78, 5) is 12.3. The molecule has 0 aliphatic heterocycles. The quantitative estimate of drug-likeness (QED) is 0.542. The van der Waals surface area contributed by atoms with E-state index in [1.165, 1.54) is 0 Å². The van der Waals surface area contributed by atoms with E-state index in [9.17, 15) is 4.79 Å². The van der Waals surface area contributed by atoms with Crippen LogP contribution in [-0.2, 0) is 0 Å². The van der Waals surface area contributed by atoms with Crippen molar-refractivity contribution in [3.05, 3.63) is 67.2 Å². The van der Waals surface area contributed by atoms with Crippen LogP contribution in [0.3, 0.4) is 0 Å². The van der Waals surface area contributed by atoms with Crippen LogP contribution in [0.2, 0.25) is 10.0 Å². The number of halogens is 3. The van der Waals surface area contributed by atoms with Crippen LogP contribution in [0.1, 0.15) is 15.9 Å². The largest absolute Gasteiger partial charge is 0.289 e. The first-order valence-electron chi connectivity index (χ1n) is 4.84. The Hall–Kier alpha value is -0.580. The van der Waals surface area contributed by atoms with Crippen LogP contribution in [-0.4, -0.2) is 5.78 Å². The van der Waals surface area contributed by atoms with Gasteiger partial charge in [0.15, 0.2) is 5.78 Å². The van der Waals surface area contributed by atoms with E-state index in [1.54, 1.807) is 24.3 Å². The van der Waals surface area contributed by atoms with Gasteiger partial charge in [-0.25, -0.2) is 0 Å². The van der Waals surface area contributed by atoms with Gasteiger partial charge in [0.25, 0.3) is 0 Å². The highest BCUT2D eigenvalue weighted by molar-refractivity contribution is 14.1. The molecule has 2 rings (SSSR count). The minimum absolute atomic E-state index is 0.0864. The predicted octanol–water partition coefficient (Wildman–Crippen LogP) is 4.83. The molecule has 0 unspecified atom stereocenters. The number of rotatable bonds is 2. The first-order valence-corrected chi connectivity index (χ1v) is 6.67. The van der Waals surface area contributed by atoms with E-state index >= 15 is 0 Å². The molecule has 0 N–H and O–H groups in total. The zero-order valence-electron chi connectivity index (χ0n) is 8.58. The summed E-state index contributed by atoms with van der Waals surface area (Å²) in [6.45, 7) is 0. The van der Waals surface area contributed by atoms with Crippen molar-refractivity contribution in [2.75, 3.05) is 0 Å². The van der Waals surface area contributed by atoms with Crippen LogP contribution in [0.15, 0.2) is 42.5 Å². The van der Waals surface area contributed by atoms with Gasteiger partial charge in [0.05, 0.1) is 5.02 Å². The molecule has 86 valence electrons. The van der Waals surface area contributed by atoms with E-state index < -0.39 is 0 Å². The summed E-state index contributed by atoms with van der Waals surface area (Å²) in [5.41, 5.74) is 1.12. The summed E-state index contributed by atoms with van der Waals surface area (Å²) in [5.74, 6) is -0.0864. The number of carbonyl (C=O) groups is 1. The lowest BCUT2D eigenvalue weighted by atomic mass is 10.0. The molecule has 0 fully saturated rings. The third kappa shape index (κ3) is 2.81. The molecule has 4 heteroatoms. The normalized spacial score (nSPS) is 10.3. The average molecular weight is 377 g/mol. The molecular weight excluding hydrogens is 370 g/mol. The van der Waals surface area contributed by atoms with Gasteiger partial charge in [-0.3, -0.25) is 4.79 Å². The lowest BCUT2D eigenvalue weighted by molar-refractivity contribution is 0.103. The van der Waals surface area contributed by atoms with Crippen molar-refractivity contribution in [1.29, 1.82) is 0 Å². The van der Waals surface area contributed by atoms with Crippen molar-refractivity contribution in [2.24, 2.45) is 0 Å². The Morgan fingerprint density at radius 3 is 2.35 bits per heavy atom. The molecule has 0 amide bonds. The Balaban J connectivity index is 2.48. The highest BCUT2D eigenvalue weighted by atomic mass is 127. The van der Waals surface area contributed by atoms with Crippen molar-refractivity contribution >= 4 is 51.6 Å². The van der Waals surface area contributed by atoms with Gasteiger partial charge in [0.1, 0.15) is 0 Å². The van der Waals surface area contributed by atoms with E-state index in [1.807, 2.05) is 18.2 Å². The number of carbonyl (C=O) groups excluding carboxylic acids is 1. The van der Waals surface area contributed by atoms with Crippen molar-refractivity contribution in [1.82, 2.24) is 0 Å². The summed E-state index contributed by atoms with van der Waals surface area (Å²) in [6, 6.07) is 12.3.